The van der Waals surface area contributed by atoms with E-state index in [0.717, 1.165) is 23.1 Å². The third kappa shape index (κ3) is 5.56. The molecule has 46 heavy (non-hydrogen) atoms. The number of carbonyl (C=O) groups is 4. The van der Waals surface area contributed by atoms with Crippen LogP contribution in [-0.2, 0) is 25.7 Å². The van der Waals surface area contributed by atoms with Gasteiger partial charge in [-0.25, -0.2) is 9.69 Å². The predicted octanol–water partition coefficient (Wildman–Crippen LogP) is 4.54. The van der Waals surface area contributed by atoms with E-state index in [2.05, 4.69) is 5.32 Å². The molecule has 6 rings (SSSR count). The van der Waals surface area contributed by atoms with Crippen molar-refractivity contribution in [3.8, 4) is 11.5 Å². The summed E-state index contributed by atoms with van der Waals surface area (Å²) in [5, 5.41) is 2.36. The molecule has 11 nitrogen and oxygen atoms in total. The maximum absolute atomic E-state index is 14.1. The van der Waals surface area contributed by atoms with Crippen LogP contribution in [0.25, 0.3) is 0 Å². The molecule has 0 radical (unpaired) electrons. The van der Waals surface area contributed by atoms with Crippen LogP contribution in [0.2, 0.25) is 0 Å². The van der Waals surface area contributed by atoms with Crippen molar-refractivity contribution in [1.82, 2.24) is 4.57 Å². The Morgan fingerprint density at radius 1 is 0.891 bits per heavy atom. The SMILES string of the molecule is CCOC(=O)c1ccc(NC(=O)Cn2c3c(sc2=O)[C@@H](c2ccccc2OC)[C@@H]2C(=O)N(c4ccc(OC)cc4)C(=O)[C@@H]2S3)cc1. The van der Waals surface area contributed by atoms with Crippen molar-refractivity contribution in [3.63, 3.8) is 0 Å². The van der Waals surface area contributed by atoms with Gasteiger partial charge in [-0.15, -0.1) is 0 Å². The van der Waals surface area contributed by atoms with Gasteiger partial charge in [0.25, 0.3) is 0 Å². The molecule has 2 aliphatic heterocycles. The molecule has 3 heterocycles. The van der Waals surface area contributed by atoms with Gasteiger partial charge in [0, 0.05) is 22.0 Å². The molecule has 2 aliphatic rings. The topological polar surface area (TPSA) is 133 Å². The first kappa shape index (κ1) is 31.1. The van der Waals surface area contributed by atoms with Crippen LogP contribution in [0.15, 0.2) is 82.6 Å². The fourth-order valence-corrected chi connectivity index (χ4v) is 8.51. The summed E-state index contributed by atoms with van der Waals surface area (Å²) in [5.74, 6) is -2.13. The fourth-order valence-electron chi connectivity index (χ4n) is 5.75. The maximum Gasteiger partial charge on any atom is 0.338 e. The number of fused-ring (bicyclic) bond motifs is 2. The maximum atomic E-state index is 14.1. The lowest BCUT2D eigenvalue weighted by Crippen LogP contribution is -2.33. The Hall–Kier alpha value is -4.88. The largest absolute Gasteiger partial charge is 0.497 e. The van der Waals surface area contributed by atoms with Crippen LogP contribution in [0.1, 0.15) is 33.6 Å². The number of imide groups is 1. The summed E-state index contributed by atoms with van der Waals surface area (Å²) in [6, 6.07) is 20.1. The van der Waals surface area contributed by atoms with E-state index in [0.29, 0.717) is 43.9 Å². The van der Waals surface area contributed by atoms with Gasteiger partial charge >= 0.3 is 10.8 Å². The molecule has 3 aromatic carbocycles. The number of nitrogens with zero attached hydrogens (tertiary/aromatic N) is 2. The number of rotatable bonds is 9. The van der Waals surface area contributed by atoms with Gasteiger partial charge in [0.1, 0.15) is 23.3 Å². The van der Waals surface area contributed by atoms with Crippen LogP contribution in [0.5, 0.6) is 11.5 Å². The summed E-state index contributed by atoms with van der Waals surface area (Å²) in [7, 11) is 3.06. The van der Waals surface area contributed by atoms with E-state index in [1.807, 2.05) is 12.1 Å². The third-order valence-corrected chi connectivity index (χ3v) is 10.4. The number of nitrogens with one attached hydrogen (secondary N) is 1. The average molecular weight is 660 g/mol. The van der Waals surface area contributed by atoms with Gasteiger partial charge < -0.3 is 19.5 Å². The molecule has 0 unspecified atom stereocenters. The number of para-hydroxylation sites is 1. The zero-order valence-electron chi connectivity index (χ0n) is 25.1. The summed E-state index contributed by atoms with van der Waals surface area (Å²) in [6.45, 7) is 1.64. The second-order valence-corrected chi connectivity index (χ2v) is 12.6. The zero-order chi connectivity index (χ0) is 32.5. The highest BCUT2D eigenvalue weighted by Crippen LogP contribution is 2.55. The number of carbonyl (C=O) groups excluding carboxylic acids is 4. The second-order valence-electron chi connectivity index (χ2n) is 10.5. The molecule has 0 saturated carbocycles. The van der Waals surface area contributed by atoms with Crippen molar-refractivity contribution in [2.75, 3.05) is 31.0 Å². The Morgan fingerprint density at radius 3 is 2.28 bits per heavy atom. The number of anilines is 2. The average Bonchev–Trinajstić information content (AvgIpc) is 3.51. The van der Waals surface area contributed by atoms with Gasteiger partial charge in [-0.3, -0.25) is 23.7 Å². The molecular weight excluding hydrogens is 631 g/mol. The Morgan fingerprint density at radius 2 is 1.61 bits per heavy atom. The number of methoxy groups -OCH3 is 2. The first-order valence-electron chi connectivity index (χ1n) is 14.4. The zero-order valence-corrected chi connectivity index (χ0v) is 26.7. The monoisotopic (exact) mass is 659 g/mol. The van der Waals surface area contributed by atoms with Crippen LogP contribution in [-0.4, -0.2) is 54.3 Å². The van der Waals surface area contributed by atoms with Crippen LogP contribution < -0.4 is 24.6 Å². The number of ether oxygens (including phenoxy) is 3. The number of thiazole rings is 1. The van der Waals surface area contributed by atoms with Crippen molar-refractivity contribution in [3.05, 3.63) is 98.5 Å². The first-order valence-corrected chi connectivity index (χ1v) is 16.1. The van der Waals surface area contributed by atoms with E-state index in [4.69, 9.17) is 14.2 Å². The molecule has 1 saturated heterocycles. The van der Waals surface area contributed by atoms with Crippen molar-refractivity contribution in [2.24, 2.45) is 5.92 Å². The molecule has 1 N–H and O–H groups in total. The molecule has 13 heteroatoms. The molecule has 0 aliphatic carbocycles. The van der Waals surface area contributed by atoms with Gasteiger partial charge in [-0.2, -0.15) is 0 Å². The molecule has 1 fully saturated rings. The summed E-state index contributed by atoms with van der Waals surface area (Å²) in [5.41, 5.74) is 1.86. The van der Waals surface area contributed by atoms with E-state index < -0.39 is 39.7 Å². The minimum atomic E-state index is -0.851. The fraction of sp³-hybridized carbons (Fsp3) is 0.242. The molecule has 236 valence electrons. The van der Waals surface area contributed by atoms with Crippen LogP contribution in [0.4, 0.5) is 11.4 Å². The van der Waals surface area contributed by atoms with E-state index >= 15 is 0 Å². The van der Waals surface area contributed by atoms with Gasteiger partial charge in [-0.05, 0) is 61.5 Å². The third-order valence-electron chi connectivity index (χ3n) is 7.84. The second kappa shape index (κ2) is 12.9. The molecule has 0 spiro atoms. The number of benzene rings is 3. The van der Waals surface area contributed by atoms with Gasteiger partial charge in [0.15, 0.2) is 0 Å². The van der Waals surface area contributed by atoms with Gasteiger partial charge in [-0.1, -0.05) is 41.3 Å². The van der Waals surface area contributed by atoms with Crippen molar-refractivity contribution >= 4 is 58.2 Å². The number of hydrogen-bond acceptors (Lipinski definition) is 10. The number of esters is 1. The van der Waals surface area contributed by atoms with Crippen molar-refractivity contribution in [2.45, 2.75) is 29.7 Å². The minimum absolute atomic E-state index is 0.244. The first-order chi connectivity index (χ1) is 22.2. The van der Waals surface area contributed by atoms with Crippen LogP contribution in [0, 0.1) is 5.92 Å². The number of aromatic nitrogens is 1. The van der Waals surface area contributed by atoms with Crippen molar-refractivity contribution < 1.29 is 33.4 Å². The van der Waals surface area contributed by atoms with Crippen LogP contribution >= 0.6 is 23.1 Å². The standard InChI is InChI=1S/C33H29N3O8S2/c1-4-44-32(40)18-9-11-19(12-10-18)34-24(37)17-35-31-28(46-33(35)41)25(22-7-5-6-8-23(22)43-3)26-27(45-31)30(39)36(29(26)38)20-13-15-21(42-2)16-14-20/h5-16,25-27H,4,17H2,1-3H3,(H,34,37)/t25-,26-,27+/m0/s1. The highest BCUT2D eigenvalue weighted by atomic mass is 32.2. The van der Waals surface area contributed by atoms with Crippen LogP contribution in [0.3, 0.4) is 0 Å². The molecule has 3 amide bonds. The highest BCUT2D eigenvalue weighted by molar-refractivity contribution is 8.00. The number of hydrogen-bond donors (Lipinski definition) is 1. The Balaban J connectivity index is 1.35. The van der Waals surface area contributed by atoms with Gasteiger partial charge in [0.05, 0.1) is 43.0 Å². The number of amides is 3. The van der Waals surface area contributed by atoms with Gasteiger partial charge in [0.2, 0.25) is 17.7 Å². The smallest absolute Gasteiger partial charge is 0.338 e. The quantitative estimate of drug-likeness (QED) is 0.203. The molecule has 4 aromatic rings. The molecule has 3 atom stereocenters. The van der Waals surface area contributed by atoms with E-state index in [1.165, 1.54) is 35.8 Å². The summed E-state index contributed by atoms with van der Waals surface area (Å²) in [6.07, 6.45) is 0. The predicted molar refractivity (Wildman–Crippen MR) is 173 cm³/mol. The molecular formula is C33H29N3O8S2. The van der Waals surface area contributed by atoms with E-state index in [-0.39, 0.29) is 19.1 Å². The van der Waals surface area contributed by atoms with Crippen molar-refractivity contribution in [1.29, 1.82) is 0 Å². The lowest BCUT2D eigenvalue weighted by Gasteiger charge is -2.31. The van der Waals surface area contributed by atoms with E-state index in [9.17, 15) is 24.0 Å². The van der Waals surface area contributed by atoms with E-state index in [1.54, 1.807) is 55.5 Å². The lowest BCUT2D eigenvalue weighted by molar-refractivity contribution is -0.122. The Labute approximate surface area is 272 Å². The normalized spacial score (nSPS) is 18.5. The molecule has 1 aromatic heterocycles. The Kier molecular flexibility index (Phi) is 8.69. The number of thioether (sulfide) groups is 1. The summed E-state index contributed by atoms with van der Waals surface area (Å²) in [4.78, 5) is 68.1. The highest BCUT2D eigenvalue weighted by Gasteiger charge is 2.57. The summed E-state index contributed by atoms with van der Waals surface area (Å²) >= 11 is 2.08. The summed E-state index contributed by atoms with van der Waals surface area (Å²) < 4.78 is 17.2. The molecule has 0 bridgehead atoms. The lowest BCUT2D eigenvalue weighted by atomic mass is 9.82. The Bertz CT molecular complexity index is 1880. The minimum Gasteiger partial charge on any atom is -0.497 e.